The molecule has 0 saturated carbocycles. The van der Waals surface area contributed by atoms with Crippen molar-refractivity contribution in [1.82, 2.24) is 0 Å². The second-order valence-electron chi connectivity index (χ2n) is 4.50. The molecule has 0 bridgehead atoms. The minimum absolute atomic E-state index is 0.0880. The lowest BCUT2D eigenvalue weighted by Crippen LogP contribution is -2.27. The first kappa shape index (κ1) is 12.0. The molecule has 0 aromatic heterocycles. The maximum absolute atomic E-state index is 10.5. The predicted octanol–water partition coefficient (Wildman–Crippen LogP) is 1.39. The topological polar surface area (TPSA) is 23.1 Å². The second-order valence-corrected chi connectivity index (χ2v) is 4.50. The van der Waals surface area contributed by atoms with Crippen molar-refractivity contribution in [2.24, 2.45) is 0 Å². The van der Waals surface area contributed by atoms with Gasteiger partial charge in [0.2, 0.25) is 0 Å². The molecule has 0 unspecified atom stereocenters. The van der Waals surface area contributed by atoms with Crippen molar-refractivity contribution < 1.29 is 9.59 Å². The average Bonchev–Trinajstić information content (AvgIpc) is 1.81. The Morgan fingerprint density at radius 1 is 1.08 bits per heavy atom. The molecule has 0 heterocycles. The van der Waals surface area contributed by atoms with E-state index in [4.69, 9.17) is 0 Å². The van der Waals surface area contributed by atoms with E-state index in [1.807, 2.05) is 13.0 Å². The summed E-state index contributed by atoms with van der Waals surface area (Å²) in [6.07, 6.45) is 0. The third-order valence-corrected chi connectivity index (χ3v) is 0.990. The van der Waals surface area contributed by atoms with Gasteiger partial charge in [-0.05, 0) is 6.92 Å². The molecule has 1 rings (SSSR count). The SMILES string of the molecule is C[N+](C)(C)C.Cc1cccc([O-])c1. The summed E-state index contributed by atoms with van der Waals surface area (Å²) in [4.78, 5) is 0. The van der Waals surface area contributed by atoms with Crippen LogP contribution in [0.5, 0.6) is 5.75 Å². The lowest BCUT2D eigenvalue weighted by atomic mass is 10.2. The van der Waals surface area contributed by atoms with Gasteiger partial charge in [0.15, 0.2) is 0 Å². The maximum Gasteiger partial charge on any atom is 0.0675 e. The van der Waals surface area contributed by atoms with E-state index in [1.54, 1.807) is 18.2 Å². The Labute approximate surface area is 81.0 Å². The van der Waals surface area contributed by atoms with E-state index >= 15 is 0 Å². The van der Waals surface area contributed by atoms with Gasteiger partial charge >= 0.3 is 0 Å². The third kappa shape index (κ3) is 11.0. The maximum atomic E-state index is 10.5. The molecule has 2 nitrogen and oxygen atoms in total. The van der Waals surface area contributed by atoms with Crippen LogP contribution in [0.15, 0.2) is 24.3 Å². The van der Waals surface area contributed by atoms with E-state index < -0.39 is 0 Å². The van der Waals surface area contributed by atoms with Gasteiger partial charge in [-0.3, -0.25) is 0 Å². The fraction of sp³-hybridized carbons (Fsp3) is 0.455. The van der Waals surface area contributed by atoms with Crippen molar-refractivity contribution in [2.75, 3.05) is 28.2 Å². The first-order valence-corrected chi connectivity index (χ1v) is 4.31. The number of nitrogens with zero attached hydrogens (tertiary/aromatic N) is 1. The van der Waals surface area contributed by atoms with E-state index in [2.05, 4.69) is 28.2 Å². The van der Waals surface area contributed by atoms with E-state index in [9.17, 15) is 5.11 Å². The molecule has 0 saturated heterocycles. The molecule has 0 aliphatic heterocycles. The van der Waals surface area contributed by atoms with Crippen molar-refractivity contribution in [3.8, 4) is 5.75 Å². The average molecular weight is 181 g/mol. The monoisotopic (exact) mass is 181 g/mol. The summed E-state index contributed by atoms with van der Waals surface area (Å²) in [5.74, 6) is 0.0880. The molecule has 0 radical (unpaired) electrons. The molecule has 0 atom stereocenters. The number of hydrogen-bond acceptors (Lipinski definition) is 1. The number of hydrogen-bond donors (Lipinski definition) is 0. The van der Waals surface area contributed by atoms with Crippen LogP contribution in [0, 0.1) is 6.92 Å². The molecule has 0 amide bonds. The summed E-state index contributed by atoms with van der Waals surface area (Å²) >= 11 is 0. The van der Waals surface area contributed by atoms with Crippen molar-refractivity contribution in [3.63, 3.8) is 0 Å². The summed E-state index contributed by atoms with van der Waals surface area (Å²) in [6, 6.07) is 6.83. The van der Waals surface area contributed by atoms with Gasteiger partial charge in [0.05, 0.1) is 28.2 Å². The van der Waals surface area contributed by atoms with Crippen LogP contribution in [0.4, 0.5) is 0 Å². The Morgan fingerprint density at radius 3 is 1.77 bits per heavy atom. The zero-order valence-electron chi connectivity index (χ0n) is 9.16. The molecule has 2 heteroatoms. The predicted molar refractivity (Wildman–Crippen MR) is 54.6 cm³/mol. The number of quaternary nitrogens is 1. The Bertz CT molecular complexity index is 227. The van der Waals surface area contributed by atoms with Gasteiger partial charge in [0, 0.05) is 0 Å². The highest BCUT2D eigenvalue weighted by Gasteiger charge is 1.88. The van der Waals surface area contributed by atoms with Gasteiger partial charge in [-0.25, -0.2) is 0 Å². The van der Waals surface area contributed by atoms with Crippen LogP contribution in [0.1, 0.15) is 5.56 Å². The highest BCUT2D eigenvalue weighted by molar-refractivity contribution is 5.24. The standard InChI is InChI=1S/C7H8O.C4H12N/c1-6-3-2-4-7(8)5-6;1-5(2,3)4/h2-5,8H,1H3;1-4H3/q;+1/p-1. The smallest absolute Gasteiger partial charge is 0.0675 e. The highest BCUT2D eigenvalue weighted by atomic mass is 16.3. The molecule has 1 aromatic rings. The molecule has 0 aliphatic rings. The summed E-state index contributed by atoms with van der Waals surface area (Å²) in [6.45, 7) is 1.90. The van der Waals surface area contributed by atoms with Crippen molar-refractivity contribution in [2.45, 2.75) is 6.92 Å². The lowest BCUT2D eigenvalue weighted by Gasteiger charge is -2.14. The lowest BCUT2D eigenvalue weighted by molar-refractivity contribution is -0.849. The van der Waals surface area contributed by atoms with Crippen LogP contribution in [0.2, 0.25) is 0 Å². The molecular weight excluding hydrogens is 162 g/mol. The molecule has 0 fully saturated rings. The van der Waals surface area contributed by atoms with Gasteiger partial charge in [0.25, 0.3) is 0 Å². The van der Waals surface area contributed by atoms with Crippen molar-refractivity contribution >= 4 is 0 Å². The first-order valence-electron chi connectivity index (χ1n) is 4.31. The quantitative estimate of drug-likeness (QED) is 0.555. The van der Waals surface area contributed by atoms with Gasteiger partial charge in [-0.2, -0.15) is 0 Å². The van der Waals surface area contributed by atoms with Gasteiger partial charge in [0.1, 0.15) is 0 Å². The molecule has 13 heavy (non-hydrogen) atoms. The van der Waals surface area contributed by atoms with E-state index in [1.165, 1.54) is 0 Å². The van der Waals surface area contributed by atoms with Crippen LogP contribution in [0.25, 0.3) is 0 Å². The minimum atomic E-state index is 0.0880. The van der Waals surface area contributed by atoms with Crippen LogP contribution in [-0.2, 0) is 0 Å². The highest BCUT2D eigenvalue weighted by Crippen LogP contribution is 2.04. The largest absolute Gasteiger partial charge is 0.872 e. The van der Waals surface area contributed by atoms with E-state index in [-0.39, 0.29) is 5.75 Å². The Hall–Kier alpha value is -1.02. The van der Waals surface area contributed by atoms with Crippen LogP contribution >= 0.6 is 0 Å². The van der Waals surface area contributed by atoms with Gasteiger partial charge in [-0.1, -0.05) is 29.8 Å². The third-order valence-electron chi connectivity index (χ3n) is 0.990. The summed E-state index contributed by atoms with van der Waals surface area (Å²) < 4.78 is 1.00. The van der Waals surface area contributed by atoms with Crippen LogP contribution in [0.3, 0.4) is 0 Å². The van der Waals surface area contributed by atoms with Gasteiger partial charge in [-0.15, -0.1) is 5.75 Å². The summed E-state index contributed by atoms with van der Waals surface area (Å²) in [5.41, 5.74) is 1.03. The summed E-state index contributed by atoms with van der Waals surface area (Å²) in [5, 5.41) is 10.5. The van der Waals surface area contributed by atoms with Crippen LogP contribution in [-0.4, -0.2) is 32.7 Å². The van der Waals surface area contributed by atoms with Gasteiger partial charge < -0.3 is 9.59 Å². The van der Waals surface area contributed by atoms with E-state index in [0.29, 0.717) is 0 Å². The number of aryl methyl sites for hydroxylation is 1. The Morgan fingerprint density at radius 2 is 1.54 bits per heavy atom. The molecule has 1 aromatic carbocycles. The Kier molecular flexibility index (Phi) is 4.49. The van der Waals surface area contributed by atoms with Crippen molar-refractivity contribution in [1.29, 1.82) is 0 Å². The summed E-state index contributed by atoms with van der Waals surface area (Å²) in [7, 11) is 8.50. The first-order chi connectivity index (χ1) is 5.79. The second kappa shape index (κ2) is 4.87. The molecule has 0 aliphatic carbocycles. The fourth-order valence-corrected chi connectivity index (χ4v) is 0.615. The molecule has 0 spiro atoms. The van der Waals surface area contributed by atoms with E-state index in [0.717, 1.165) is 10.0 Å². The zero-order valence-corrected chi connectivity index (χ0v) is 9.16. The Balaban J connectivity index is 0.000000252. The fourth-order valence-electron chi connectivity index (χ4n) is 0.615. The molecule has 74 valence electrons. The molecule has 0 N–H and O–H groups in total. The van der Waals surface area contributed by atoms with Crippen LogP contribution < -0.4 is 5.11 Å². The van der Waals surface area contributed by atoms with Crippen molar-refractivity contribution in [3.05, 3.63) is 29.8 Å². The minimum Gasteiger partial charge on any atom is -0.872 e. The molecular formula is C11H19NO. The zero-order chi connectivity index (χ0) is 10.5. The number of rotatable bonds is 0. The number of benzene rings is 1. The normalized spacial score (nSPS) is 10.2.